The fourth-order valence-electron chi connectivity index (χ4n) is 3.37. The highest BCUT2D eigenvalue weighted by Gasteiger charge is 2.18. The van der Waals surface area contributed by atoms with Gasteiger partial charge in [0.1, 0.15) is 5.58 Å². The summed E-state index contributed by atoms with van der Waals surface area (Å²) in [7, 11) is 0. The van der Waals surface area contributed by atoms with E-state index >= 15 is 0 Å². The van der Waals surface area contributed by atoms with Crippen LogP contribution in [0.4, 0.5) is 11.5 Å². The number of aromatic nitrogens is 1. The third-order valence-electron chi connectivity index (χ3n) is 4.63. The lowest BCUT2D eigenvalue weighted by Gasteiger charge is -2.19. The molecule has 0 atom stereocenters. The summed E-state index contributed by atoms with van der Waals surface area (Å²) < 4.78 is 5.59. The van der Waals surface area contributed by atoms with Crippen molar-refractivity contribution >= 4 is 28.4 Å². The SMILES string of the molecule is Cc1ccc2c(CC(=O)Nc3cccnc3N3CCCC3)coc2c1. The molecule has 0 bridgehead atoms. The van der Waals surface area contributed by atoms with Crippen LogP contribution in [0, 0.1) is 6.92 Å². The Labute approximate surface area is 146 Å². The molecule has 2 aromatic heterocycles. The molecule has 128 valence electrons. The van der Waals surface area contributed by atoms with Gasteiger partial charge in [0.2, 0.25) is 5.91 Å². The van der Waals surface area contributed by atoms with Gasteiger partial charge in [-0.15, -0.1) is 0 Å². The number of fused-ring (bicyclic) bond motifs is 1. The van der Waals surface area contributed by atoms with Crippen molar-refractivity contribution in [1.29, 1.82) is 0 Å². The molecule has 5 heteroatoms. The Hall–Kier alpha value is -2.82. The smallest absolute Gasteiger partial charge is 0.229 e. The zero-order valence-electron chi connectivity index (χ0n) is 14.3. The monoisotopic (exact) mass is 335 g/mol. The molecule has 5 nitrogen and oxygen atoms in total. The first-order chi connectivity index (χ1) is 12.2. The van der Waals surface area contributed by atoms with Gasteiger partial charge in [-0.1, -0.05) is 12.1 Å². The standard InChI is InChI=1S/C20H21N3O2/c1-14-6-7-16-15(13-25-18(16)11-14)12-19(24)22-17-5-4-8-21-20(17)23-9-2-3-10-23/h4-8,11,13H,2-3,9-10,12H2,1H3,(H,22,24). The lowest BCUT2D eigenvalue weighted by Crippen LogP contribution is -2.22. The molecule has 0 radical (unpaired) electrons. The van der Waals surface area contributed by atoms with Crippen LogP contribution in [0.25, 0.3) is 11.0 Å². The summed E-state index contributed by atoms with van der Waals surface area (Å²) in [6.07, 6.45) is 6.07. The van der Waals surface area contributed by atoms with Crippen LogP contribution in [0.3, 0.4) is 0 Å². The van der Waals surface area contributed by atoms with E-state index in [4.69, 9.17) is 4.42 Å². The van der Waals surface area contributed by atoms with Crippen molar-refractivity contribution in [3.05, 3.63) is 53.9 Å². The Bertz CT molecular complexity index is 910. The highest BCUT2D eigenvalue weighted by Crippen LogP contribution is 2.27. The van der Waals surface area contributed by atoms with Gasteiger partial charge in [-0.2, -0.15) is 0 Å². The second-order valence-corrected chi connectivity index (χ2v) is 6.55. The van der Waals surface area contributed by atoms with Crippen LogP contribution in [0.5, 0.6) is 0 Å². The van der Waals surface area contributed by atoms with Gasteiger partial charge < -0.3 is 14.6 Å². The number of hydrogen-bond donors (Lipinski definition) is 1. The molecule has 1 saturated heterocycles. The van der Waals surface area contributed by atoms with Gasteiger partial charge in [-0.3, -0.25) is 4.79 Å². The van der Waals surface area contributed by atoms with E-state index in [0.717, 1.165) is 46.7 Å². The van der Waals surface area contributed by atoms with Crippen LogP contribution in [-0.2, 0) is 11.2 Å². The zero-order valence-corrected chi connectivity index (χ0v) is 14.3. The lowest BCUT2D eigenvalue weighted by molar-refractivity contribution is -0.115. The zero-order chi connectivity index (χ0) is 17.2. The van der Waals surface area contributed by atoms with Gasteiger partial charge >= 0.3 is 0 Å². The van der Waals surface area contributed by atoms with E-state index < -0.39 is 0 Å². The third kappa shape index (κ3) is 3.22. The Balaban J connectivity index is 1.52. The van der Waals surface area contributed by atoms with Gasteiger partial charge in [0.05, 0.1) is 18.4 Å². The number of rotatable bonds is 4. The fraction of sp³-hybridized carbons (Fsp3) is 0.300. The van der Waals surface area contributed by atoms with Gasteiger partial charge in [0.25, 0.3) is 0 Å². The van der Waals surface area contributed by atoms with E-state index in [1.54, 1.807) is 12.5 Å². The number of amides is 1. The molecule has 1 N–H and O–H groups in total. The number of hydrogen-bond acceptors (Lipinski definition) is 4. The quantitative estimate of drug-likeness (QED) is 0.785. The Morgan fingerprint density at radius 3 is 2.96 bits per heavy atom. The summed E-state index contributed by atoms with van der Waals surface area (Å²) in [6.45, 7) is 4.01. The number of aryl methyl sites for hydroxylation is 1. The van der Waals surface area contributed by atoms with Crippen molar-refractivity contribution in [1.82, 2.24) is 4.98 Å². The average molecular weight is 335 g/mol. The molecular weight excluding hydrogens is 314 g/mol. The van der Waals surface area contributed by atoms with Gasteiger partial charge in [0, 0.05) is 30.2 Å². The van der Waals surface area contributed by atoms with Crippen LogP contribution < -0.4 is 10.2 Å². The summed E-state index contributed by atoms with van der Waals surface area (Å²) in [5.74, 6) is 0.803. The summed E-state index contributed by atoms with van der Waals surface area (Å²) in [5, 5.41) is 4.01. The molecule has 3 heterocycles. The summed E-state index contributed by atoms with van der Waals surface area (Å²) in [6, 6.07) is 9.80. The number of benzene rings is 1. The number of nitrogens with one attached hydrogen (secondary N) is 1. The highest BCUT2D eigenvalue weighted by atomic mass is 16.3. The minimum atomic E-state index is -0.0586. The summed E-state index contributed by atoms with van der Waals surface area (Å²) in [5.41, 5.74) is 3.64. The van der Waals surface area contributed by atoms with Crippen molar-refractivity contribution < 1.29 is 9.21 Å². The lowest BCUT2D eigenvalue weighted by atomic mass is 10.1. The van der Waals surface area contributed by atoms with E-state index in [-0.39, 0.29) is 12.3 Å². The normalized spacial score (nSPS) is 14.2. The molecule has 0 spiro atoms. The summed E-state index contributed by atoms with van der Waals surface area (Å²) >= 11 is 0. The van der Waals surface area contributed by atoms with Crippen LogP contribution in [0.2, 0.25) is 0 Å². The third-order valence-corrected chi connectivity index (χ3v) is 4.63. The van der Waals surface area contributed by atoms with E-state index in [9.17, 15) is 4.79 Å². The maximum Gasteiger partial charge on any atom is 0.229 e. The molecule has 3 aromatic rings. The Morgan fingerprint density at radius 2 is 2.12 bits per heavy atom. The second kappa shape index (κ2) is 6.59. The molecule has 1 amide bonds. The van der Waals surface area contributed by atoms with E-state index in [2.05, 4.69) is 15.2 Å². The molecule has 0 unspecified atom stereocenters. The van der Waals surface area contributed by atoms with Crippen molar-refractivity contribution in [2.24, 2.45) is 0 Å². The maximum absolute atomic E-state index is 12.6. The molecule has 1 aliphatic rings. The van der Waals surface area contributed by atoms with Crippen LogP contribution in [-0.4, -0.2) is 24.0 Å². The Kier molecular flexibility index (Phi) is 4.14. The average Bonchev–Trinajstić information content (AvgIpc) is 3.25. The summed E-state index contributed by atoms with van der Waals surface area (Å²) in [4.78, 5) is 19.2. The molecule has 0 aliphatic carbocycles. The van der Waals surface area contributed by atoms with Crippen LogP contribution in [0.15, 0.2) is 47.2 Å². The van der Waals surface area contributed by atoms with Crippen molar-refractivity contribution in [2.45, 2.75) is 26.2 Å². The minimum Gasteiger partial charge on any atom is -0.464 e. The predicted octanol–water partition coefficient (Wildman–Crippen LogP) is 3.92. The predicted molar refractivity (Wildman–Crippen MR) is 99.0 cm³/mol. The van der Waals surface area contributed by atoms with Crippen LogP contribution in [0.1, 0.15) is 24.0 Å². The molecule has 1 fully saturated rings. The van der Waals surface area contributed by atoms with Crippen molar-refractivity contribution in [2.75, 3.05) is 23.3 Å². The van der Waals surface area contributed by atoms with Gasteiger partial charge in [-0.25, -0.2) is 4.98 Å². The van der Waals surface area contributed by atoms with Crippen molar-refractivity contribution in [3.8, 4) is 0 Å². The topological polar surface area (TPSA) is 58.4 Å². The van der Waals surface area contributed by atoms with E-state index in [0.29, 0.717) is 0 Å². The highest BCUT2D eigenvalue weighted by molar-refractivity contribution is 5.97. The van der Waals surface area contributed by atoms with Gasteiger partial charge in [0.15, 0.2) is 5.82 Å². The van der Waals surface area contributed by atoms with E-state index in [1.807, 2.05) is 37.3 Å². The first kappa shape index (κ1) is 15.7. The molecule has 0 saturated carbocycles. The van der Waals surface area contributed by atoms with Gasteiger partial charge in [-0.05, 0) is 43.5 Å². The molecule has 4 rings (SSSR count). The van der Waals surface area contributed by atoms with Crippen LogP contribution >= 0.6 is 0 Å². The second-order valence-electron chi connectivity index (χ2n) is 6.55. The maximum atomic E-state index is 12.6. The number of furan rings is 1. The first-order valence-electron chi connectivity index (χ1n) is 8.67. The molecule has 25 heavy (non-hydrogen) atoms. The van der Waals surface area contributed by atoms with E-state index in [1.165, 1.54) is 12.8 Å². The molecule has 1 aromatic carbocycles. The Morgan fingerprint density at radius 1 is 1.28 bits per heavy atom. The number of pyridine rings is 1. The minimum absolute atomic E-state index is 0.0586. The number of nitrogens with zero attached hydrogens (tertiary/aromatic N) is 2. The fourth-order valence-corrected chi connectivity index (χ4v) is 3.37. The first-order valence-corrected chi connectivity index (χ1v) is 8.67. The number of carbonyl (C=O) groups is 1. The number of carbonyl (C=O) groups excluding carboxylic acids is 1. The number of anilines is 2. The largest absolute Gasteiger partial charge is 0.464 e. The molecule has 1 aliphatic heterocycles. The van der Waals surface area contributed by atoms with Crippen molar-refractivity contribution in [3.63, 3.8) is 0 Å². The molecular formula is C20H21N3O2.